The molecule has 1 aliphatic rings. The second-order valence-electron chi connectivity index (χ2n) is 12.1. The Morgan fingerprint density at radius 2 is 1.40 bits per heavy atom. The number of rotatable bonds is 13. The summed E-state index contributed by atoms with van der Waals surface area (Å²) >= 11 is 0. The number of hydrogen-bond acceptors (Lipinski definition) is 6. The van der Waals surface area contributed by atoms with E-state index in [-0.39, 0.29) is 17.4 Å². The molecule has 5 aromatic rings. The van der Waals surface area contributed by atoms with Gasteiger partial charge in [-0.15, -0.1) is 0 Å². The summed E-state index contributed by atoms with van der Waals surface area (Å²) in [6, 6.07) is 28.6. The molecule has 0 amide bonds. The van der Waals surface area contributed by atoms with Gasteiger partial charge in [0.15, 0.2) is 38.4 Å². The lowest BCUT2D eigenvalue weighted by Crippen LogP contribution is -2.25. The van der Waals surface area contributed by atoms with Crippen LogP contribution in [0.2, 0.25) is 0 Å². The lowest BCUT2D eigenvalue weighted by Gasteiger charge is -2.23. The van der Waals surface area contributed by atoms with Gasteiger partial charge in [-0.2, -0.15) is 17.2 Å². The van der Waals surface area contributed by atoms with E-state index in [0.717, 1.165) is 42.6 Å². The molecule has 1 aliphatic heterocycles. The molecule has 0 spiro atoms. The van der Waals surface area contributed by atoms with Gasteiger partial charge in [0.05, 0.1) is 6.61 Å². The maximum Gasteiger partial charge on any atom is 0.345 e. The molecule has 1 heterocycles. The molecule has 2 unspecified atom stereocenters. The van der Waals surface area contributed by atoms with Crippen molar-refractivity contribution in [3.05, 3.63) is 132 Å². The number of halogens is 4. The normalized spacial score (nSPS) is 15.3. The lowest BCUT2D eigenvalue weighted by molar-refractivity contribution is -0.106. The molecule has 0 radical (unpaired) electrons. The predicted molar refractivity (Wildman–Crippen MR) is 190 cm³/mol. The molecule has 0 aromatic heterocycles. The van der Waals surface area contributed by atoms with Crippen LogP contribution in [0.1, 0.15) is 57.4 Å². The molecule has 0 N–H and O–H groups in total. The number of benzene rings is 5. The minimum atomic E-state index is -5.50. The highest BCUT2D eigenvalue weighted by atomic mass is 32.2. The molecule has 1 fully saturated rings. The van der Waals surface area contributed by atoms with Crippen molar-refractivity contribution in [3.63, 3.8) is 0 Å². The first-order valence-electron chi connectivity index (χ1n) is 17.0. The second-order valence-corrected chi connectivity index (χ2v) is 15.6. The lowest BCUT2D eigenvalue weighted by atomic mass is 9.94. The van der Waals surface area contributed by atoms with Gasteiger partial charge < -0.3 is 18.4 Å². The van der Waals surface area contributed by atoms with E-state index in [9.17, 15) is 8.42 Å². The summed E-state index contributed by atoms with van der Waals surface area (Å²) in [6.07, 6.45) is 3.97. The van der Waals surface area contributed by atoms with Crippen molar-refractivity contribution in [2.45, 2.75) is 77.7 Å². The van der Waals surface area contributed by atoms with Crippen LogP contribution in [0.5, 0.6) is 23.0 Å². The van der Waals surface area contributed by atoms with Gasteiger partial charge in [-0.3, -0.25) is 0 Å². The summed E-state index contributed by atoms with van der Waals surface area (Å²) in [4.78, 5) is -0.138. The SMILES string of the molecule is CCC(CC)c1ccc(Oc2c(F)c(F)c(S(=O)(=O)Oc3ccccc3[S+](c3ccccc3)c3cccc(OC4CCCCO4)c3)c(F)c2F)cc1. The van der Waals surface area contributed by atoms with Crippen LogP contribution in [0.3, 0.4) is 0 Å². The van der Waals surface area contributed by atoms with Crippen molar-refractivity contribution in [1.82, 2.24) is 0 Å². The third-order valence-corrected chi connectivity index (χ3v) is 12.2. The molecule has 6 rings (SSSR count). The van der Waals surface area contributed by atoms with Crippen LogP contribution in [0, 0.1) is 23.3 Å². The minimum Gasteiger partial charge on any atom is -0.465 e. The van der Waals surface area contributed by atoms with Gasteiger partial charge in [0.1, 0.15) is 22.4 Å². The molecule has 272 valence electrons. The van der Waals surface area contributed by atoms with E-state index in [0.29, 0.717) is 22.1 Å². The Kier molecular flexibility index (Phi) is 11.8. The Labute approximate surface area is 303 Å². The highest BCUT2D eigenvalue weighted by Crippen LogP contribution is 2.41. The zero-order valence-electron chi connectivity index (χ0n) is 28.5. The summed E-state index contributed by atoms with van der Waals surface area (Å²) in [6.45, 7) is 4.64. The van der Waals surface area contributed by atoms with Gasteiger partial charge in [-0.25, -0.2) is 8.78 Å². The highest BCUT2D eigenvalue weighted by Gasteiger charge is 2.39. The van der Waals surface area contributed by atoms with Crippen molar-refractivity contribution >= 4 is 21.0 Å². The number of para-hydroxylation sites is 1. The fourth-order valence-corrected chi connectivity index (χ4v) is 9.33. The van der Waals surface area contributed by atoms with Gasteiger partial charge in [0.2, 0.25) is 22.3 Å². The smallest absolute Gasteiger partial charge is 0.345 e. The van der Waals surface area contributed by atoms with Gasteiger partial charge in [0.25, 0.3) is 0 Å². The predicted octanol–water partition coefficient (Wildman–Crippen LogP) is 10.7. The molecule has 5 aromatic carbocycles. The molecule has 52 heavy (non-hydrogen) atoms. The van der Waals surface area contributed by atoms with E-state index in [1.165, 1.54) is 24.3 Å². The molecular weight excluding hydrogens is 717 g/mol. The molecule has 0 aliphatic carbocycles. The molecule has 0 bridgehead atoms. The molecule has 0 saturated carbocycles. The molecule has 6 nitrogen and oxygen atoms in total. The van der Waals surface area contributed by atoms with Crippen LogP contribution in [0.25, 0.3) is 0 Å². The zero-order chi connectivity index (χ0) is 36.8. The largest absolute Gasteiger partial charge is 0.465 e. The topological polar surface area (TPSA) is 71.1 Å². The number of ether oxygens (including phenoxy) is 3. The maximum absolute atomic E-state index is 15.5. The summed E-state index contributed by atoms with van der Waals surface area (Å²) < 4.78 is 111. The molecule has 12 heteroatoms. The fourth-order valence-electron chi connectivity index (χ4n) is 6.01. The summed E-state index contributed by atoms with van der Waals surface area (Å²) in [7, 11) is -6.55. The standard InChI is InChI=1S/C40H37F4O6S2/c1-3-26(4-2)27-20-22-28(23-21-27)49-39-35(41)37(43)40(38(44)36(39)42)52(45,46)50-32-17-8-9-18-33(32)51(30-14-6-5-7-15-30)31-16-12-13-29(25-31)48-34-19-10-11-24-47-34/h5-9,12-18,20-23,25-26,34H,3-4,10-11,19,24H2,1-2H3/q+1. The van der Waals surface area contributed by atoms with E-state index < -0.39 is 61.2 Å². The Morgan fingerprint density at radius 1 is 0.750 bits per heavy atom. The van der Waals surface area contributed by atoms with E-state index in [2.05, 4.69) is 0 Å². The van der Waals surface area contributed by atoms with Crippen molar-refractivity contribution in [2.24, 2.45) is 0 Å². The third-order valence-electron chi connectivity index (χ3n) is 8.68. The van der Waals surface area contributed by atoms with Crippen LogP contribution in [0.4, 0.5) is 17.6 Å². The second kappa shape index (κ2) is 16.4. The molecular formula is C40H37F4O6S2+. The van der Waals surface area contributed by atoms with E-state index in [1.54, 1.807) is 36.4 Å². The van der Waals surface area contributed by atoms with Crippen molar-refractivity contribution in [3.8, 4) is 23.0 Å². The fraction of sp³-hybridized carbons (Fsp3) is 0.250. The highest BCUT2D eigenvalue weighted by molar-refractivity contribution is 7.97. The zero-order valence-corrected chi connectivity index (χ0v) is 30.1. The van der Waals surface area contributed by atoms with Crippen LogP contribution in [0.15, 0.2) is 123 Å². The summed E-state index contributed by atoms with van der Waals surface area (Å²) in [5.41, 5.74) is 0.958. The van der Waals surface area contributed by atoms with Gasteiger partial charge in [-0.1, -0.05) is 62.4 Å². The first kappa shape index (κ1) is 37.2. The minimum absolute atomic E-state index is 0.0965. The van der Waals surface area contributed by atoms with Gasteiger partial charge >= 0.3 is 10.1 Å². The first-order valence-corrected chi connectivity index (χ1v) is 19.6. The average Bonchev–Trinajstić information content (AvgIpc) is 3.15. The third kappa shape index (κ3) is 8.09. The van der Waals surface area contributed by atoms with E-state index in [1.807, 2.05) is 56.3 Å². The van der Waals surface area contributed by atoms with Gasteiger partial charge in [-0.05, 0) is 85.7 Å². The van der Waals surface area contributed by atoms with Crippen LogP contribution in [-0.4, -0.2) is 21.3 Å². The van der Waals surface area contributed by atoms with Crippen molar-refractivity contribution in [1.29, 1.82) is 0 Å². The Balaban J connectivity index is 1.34. The monoisotopic (exact) mass is 753 g/mol. The molecule has 2 atom stereocenters. The van der Waals surface area contributed by atoms with Gasteiger partial charge in [0, 0.05) is 12.5 Å². The Bertz CT molecular complexity index is 2070. The number of hydrogen-bond donors (Lipinski definition) is 0. The summed E-state index contributed by atoms with van der Waals surface area (Å²) in [5, 5.41) is 0. The van der Waals surface area contributed by atoms with Crippen molar-refractivity contribution in [2.75, 3.05) is 6.61 Å². The maximum atomic E-state index is 15.5. The first-order chi connectivity index (χ1) is 25.1. The summed E-state index contributed by atoms with van der Waals surface area (Å²) in [5.74, 6) is -9.46. The average molecular weight is 754 g/mol. The van der Waals surface area contributed by atoms with Crippen LogP contribution in [-0.2, 0) is 25.7 Å². The van der Waals surface area contributed by atoms with Crippen LogP contribution >= 0.6 is 0 Å². The van der Waals surface area contributed by atoms with Crippen LogP contribution < -0.4 is 13.7 Å². The Hall–Kier alpha value is -4.52. The Morgan fingerprint density at radius 3 is 2.06 bits per heavy atom. The van der Waals surface area contributed by atoms with E-state index in [4.69, 9.17) is 18.4 Å². The van der Waals surface area contributed by atoms with E-state index >= 15 is 17.6 Å². The molecule has 1 saturated heterocycles. The quantitative estimate of drug-likeness (QED) is 0.0516. The van der Waals surface area contributed by atoms with Crippen molar-refractivity contribution < 1.29 is 44.4 Å².